The van der Waals surface area contributed by atoms with Crippen LogP contribution in [0.2, 0.25) is 0 Å². The van der Waals surface area contributed by atoms with E-state index in [9.17, 15) is 4.79 Å². The van der Waals surface area contributed by atoms with Crippen LogP contribution in [-0.4, -0.2) is 45.1 Å². The molecule has 0 fully saturated rings. The third-order valence-electron chi connectivity index (χ3n) is 4.51. The second kappa shape index (κ2) is 10.2. The Morgan fingerprint density at radius 1 is 1.21 bits per heavy atom. The lowest BCUT2D eigenvalue weighted by molar-refractivity contribution is -0.113. The van der Waals surface area contributed by atoms with Crippen molar-refractivity contribution in [2.75, 3.05) is 24.8 Å². The number of para-hydroxylation sites is 1. The number of aromatic nitrogens is 4. The molecule has 1 N–H and O–H groups in total. The highest BCUT2D eigenvalue weighted by Crippen LogP contribution is 2.25. The maximum absolute atomic E-state index is 12.6. The number of carbonyl (C=O) groups is 1. The number of amides is 1. The Labute approximate surface area is 174 Å². The lowest BCUT2D eigenvalue weighted by Crippen LogP contribution is -2.17. The second-order valence-electron chi connectivity index (χ2n) is 6.49. The van der Waals surface area contributed by atoms with E-state index in [1.165, 1.54) is 11.8 Å². The first-order valence-electron chi connectivity index (χ1n) is 9.47. The largest absolute Gasteiger partial charge is 0.383 e. The SMILES string of the molecule is CCc1cccc(C)c1NC(=O)CSc1nnc(-c2ccncc2)n1CCOC. The molecule has 0 aliphatic carbocycles. The van der Waals surface area contributed by atoms with Crippen molar-refractivity contribution in [1.29, 1.82) is 0 Å². The minimum absolute atomic E-state index is 0.0641. The molecule has 2 aromatic heterocycles. The summed E-state index contributed by atoms with van der Waals surface area (Å²) in [6.07, 6.45) is 4.31. The zero-order chi connectivity index (χ0) is 20.6. The summed E-state index contributed by atoms with van der Waals surface area (Å²) >= 11 is 1.37. The number of hydrogen-bond acceptors (Lipinski definition) is 6. The van der Waals surface area contributed by atoms with Crippen LogP contribution in [0.25, 0.3) is 11.4 Å². The summed E-state index contributed by atoms with van der Waals surface area (Å²) in [5.41, 5.74) is 4.02. The summed E-state index contributed by atoms with van der Waals surface area (Å²) < 4.78 is 7.20. The number of thioether (sulfide) groups is 1. The molecule has 3 aromatic rings. The molecule has 7 nitrogen and oxygen atoms in total. The molecule has 152 valence electrons. The van der Waals surface area contributed by atoms with Crippen LogP contribution in [0.4, 0.5) is 5.69 Å². The Kier molecular flexibility index (Phi) is 7.37. The predicted molar refractivity (Wildman–Crippen MR) is 115 cm³/mol. The maximum atomic E-state index is 12.6. The number of carbonyl (C=O) groups excluding carboxylic acids is 1. The smallest absolute Gasteiger partial charge is 0.234 e. The molecule has 0 unspecified atom stereocenters. The summed E-state index contributed by atoms with van der Waals surface area (Å²) in [6.45, 7) is 5.21. The third-order valence-corrected chi connectivity index (χ3v) is 5.48. The van der Waals surface area contributed by atoms with Crippen molar-refractivity contribution in [3.63, 3.8) is 0 Å². The molecule has 0 spiro atoms. The summed E-state index contributed by atoms with van der Waals surface area (Å²) in [5, 5.41) is 12.4. The molecule has 1 aromatic carbocycles. The molecule has 0 saturated carbocycles. The number of hydrogen-bond donors (Lipinski definition) is 1. The van der Waals surface area contributed by atoms with Gasteiger partial charge in [-0.15, -0.1) is 10.2 Å². The van der Waals surface area contributed by atoms with E-state index in [1.807, 2.05) is 41.8 Å². The van der Waals surface area contributed by atoms with Gasteiger partial charge in [-0.3, -0.25) is 14.3 Å². The Hall–Kier alpha value is -2.71. The average Bonchev–Trinajstić information content (AvgIpc) is 3.15. The molecule has 2 heterocycles. The molecule has 29 heavy (non-hydrogen) atoms. The van der Waals surface area contributed by atoms with Crippen molar-refractivity contribution in [3.8, 4) is 11.4 Å². The average molecular weight is 412 g/mol. The molecular formula is C21H25N5O2S. The fourth-order valence-corrected chi connectivity index (χ4v) is 3.77. The van der Waals surface area contributed by atoms with Gasteiger partial charge in [0.2, 0.25) is 5.91 Å². The van der Waals surface area contributed by atoms with Crippen molar-refractivity contribution in [3.05, 3.63) is 53.9 Å². The summed E-state index contributed by atoms with van der Waals surface area (Å²) in [4.78, 5) is 16.6. The van der Waals surface area contributed by atoms with Crippen molar-refractivity contribution >= 4 is 23.4 Å². The van der Waals surface area contributed by atoms with Crippen LogP contribution in [0.5, 0.6) is 0 Å². The fourth-order valence-electron chi connectivity index (χ4n) is 3.00. The molecule has 0 bridgehead atoms. The number of pyridine rings is 1. The number of methoxy groups -OCH3 is 1. The first-order chi connectivity index (χ1) is 14.1. The monoisotopic (exact) mass is 411 g/mol. The standard InChI is InChI=1S/C21H25N5O2S/c1-4-16-7-5-6-15(2)19(16)23-18(27)14-29-21-25-24-20(26(21)12-13-28-3)17-8-10-22-11-9-17/h5-11H,4,12-14H2,1-3H3,(H,23,27). The van der Waals surface area contributed by atoms with Crippen molar-refractivity contribution in [2.45, 2.75) is 32.0 Å². The molecule has 0 aliphatic rings. The maximum Gasteiger partial charge on any atom is 0.234 e. The van der Waals surface area contributed by atoms with E-state index in [0.29, 0.717) is 18.3 Å². The van der Waals surface area contributed by atoms with Gasteiger partial charge in [0.1, 0.15) is 0 Å². The summed E-state index contributed by atoms with van der Waals surface area (Å²) in [5.74, 6) is 0.921. The van der Waals surface area contributed by atoms with Crippen LogP contribution in [0.15, 0.2) is 47.9 Å². The van der Waals surface area contributed by atoms with Gasteiger partial charge in [-0.05, 0) is 36.6 Å². The highest BCUT2D eigenvalue weighted by atomic mass is 32.2. The van der Waals surface area contributed by atoms with E-state index in [1.54, 1.807) is 19.5 Å². The molecule has 0 saturated heterocycles. The second-order valence-corrected chi connectivity index (χ2v) is 7.43. The molecule has 1 amide bonds. The highest BCUT2D eigenvalue weighted by molar-refractivity contribution is 7.99. The first-order valence-corrected chi connectivity index (χ1v) is 10.5. The van der Waals surface area contributed by atoms with E-state index in [2.05, 4.69) is 27.4 Å². The number of rotatable bonds is 9. The number of benzene rings is 1. The fraction of sp³-hybridized carbons (Fsp3) is 0.333. The number of nitrogens with one attached hydrogen (secondary N) is 1. The van der Waals surface area contributed by atoms with E-state index >= 15 is 0 Å². The van der Waals surface area contributed by atoms with Crippen LogP contribution in [0.1, 0.15) is 18.1 Å². The van der Waals surface area contributed by atoms with E-state index < -0.39 is 0 Å². The number of nitrogens with zero attached hydrogens (tertiary/aromatic N) is 4. The Balaban J connectivity index is 1.73. The van der Waals surface area contributed by atoms with E-state index in [0.717, 1.165) is 34.6 Å². The first kappa shape index (κ1) is 21.0. The zero-order valence-corrected chi connectivity index (χ0v) is 17.7. The topological polar surface area (TPSA) is 81.9 Å². The molecule has 8 heteroatoms. The van der Waals surface area contributed by atoms with Crippen molar-refractivity contribution in [2.24, 2.45) is 0 Å². The molecule has 3 rings (SSSR count). The Bertz CT molecular complexity index is 959. The van der Waals surface area contributed by atoms with Crippen LogP contribution < -0.4 is 5.32 Å². The van der Waals surface area contributed by atoms with Gasteiger partial charge in [0.15, 0.2) is 11.0 Å². The zero-order valence-electron chi connectivity index (χ0n) is 16.9. The Morgan fingerprint density at radius 2 is 2.00 bits per heavy atom. The van der Waals surface area contributed by atoms with Gasteiger partial charge < -0.3 is 10.1 Å². The van der Waals surface area contributed by atoms with Crippen molar-refractivity contribution in [1.82, 2.24) is 19.7 Å². The predicted octanol–water partition coefficient (Wildman–Crippen LogP) is 3.59. The van der Waals surface area contributed by atoms with Crippen LogP contribution in [-0.2, 0) is 22.5 Å². The highest BCUT2D eigenvalue weighted by Gasteiger charge is 2.16. The lowest BCUT2D eigenvalue weighted by atomic mass is 10.1. The molecule has 0 radical (unpaired) electrons. The van der Waals surface area contributed by atoms with Gasteiger partial charge in [-0.2, -0.15) is 0 Å². The Morgan fingerprint density at radius 3 is 2.72 bits per heavy atom. The summed E-state index contributed by atoms with van der Waals surface area (Å²) in [7, 11) is 1.66. The van der Waals surface area contributed by atoms with Crippen LogP contribution in [0.3, 0.4) is 0 Å². The van der Waals surface area contributed by atoms with Gasteiger partial charge in [0, 0.05) is 30.8 Å². The minimum atomic E-state index is -0.0641. The van der Waals surface area contributed by atoms with Gasteiger partial charge in [-0.1, -0.05) is 36.9 Å². The number of ether oxygens (including phenoxy) is 1. The van der Waals surface area contributed by atoms with Crippen molar-refractivity contribution < 1.29 is 9.53 Å². The molecule has 0 aliphatic heterocycles. The van der Waals surface area contributed by atoms with E-state index in [-0.39, 0.29) is 11.7 Å². The van der Waals surface area contributed by atoms with Gasteiger partial charge >= 0.3 is 0 Å². The van der Waals surface area contributed by atoms with Crippen LogP contribution in [0, 0.1) is 6.92 Å². The van der Waals surface area contributed by atoms with Crippen LogP contribution >= 0.6 is 11.8 Å². The lowest BCUT2D eigenvalue weighted by Gasteiger charge is -2.13. The third kappa shape index (κ3) is 5.21. The number of aryl methyl sites for hydroxylation is 2. The molecular weight excluding hydrogens is 386 g/mol. The van der Waals surface area contributed by atoms with Gasteiger partial charge in [0.05, 0.1) is 18.9 Å². The number of anilines is 1. The van der Waals surface area contributed by atoms with Gasteiger partial charge in [-0.25, -0.2) is 0 Å². The van der Waals surface area contributed by atoms with Gasteiger partial charge in [0.25, 0.3) is 0 Å². The minimum Gasteiger partial charge on any atom is -0.383 e. The normalized spacial score (nSPS) is 10.9. The summed E-state index contributed by atoms with van der Waals surface area (Å²) in [6, 6.07) is 9.83. The van der Waals surface area contributed by atoms with E-state index in [4.69, 9.17) is 4.74 Å². The quantitative estimate of drug-likeness (QED) is 0.542. The molecule has 0 atom stereocenters.